The normalized spacial score (nSPS) is 11.1. The summed E-state index contributed by atoms with van der Waals surface area (Å²) >= 11 is 0. The maximum Gasteiger partial charge on any atom is 0.332 e. The number of aromatic nitrogens is 3. The minimum Gasteiger partial charge on any atom is -0.339 e. The molecule has 0 bridgehead atoms. The molecule has 30 heavy (non-hydrogen) atoms. The van der Waals surface area contributed by atoms with Gasteiger partial charge in [-0.2, -0.15) is 0 Å². The van der Waals surface area contributed by atoms with Gasteiger partial charge in [-0.25, -0.2) is 9.78 Å². The van der Waals surface area contributed by atoms with Gasteiger partial charge in [0.1, 0.15) is 5.65 Å². The van der Waals surface area contributed by atoms with Gasteiger partial charge >= 0.3 is 5.69 Å². The molecule has 2 aromatic heterocycles. The second kappa shape index (κ2) is 8.26. The van der Waals surface area contributed by atoms with E-state index in [9.17, 15) is 14.4 Å². The maximum absolute atomic E-state index is 13.5. The van der Waals surface area contributed by atoms with Crippen molar-refractivity contribution in [2.45, 2.75) is 41.2 Å². The molecule has 2 heterocycles. The third-order valence-corrected chi connectivity index (χ3v) is 5.54. The predicted molar refractivity (Wildman–Crippen MR) is 118 cm³/mol. The molecule has 158 valence electrons. The van der Waals surface area contributed by atoms with Gasteiger partial charge in [0.05, 0.1) is 17.5 Å². The number of amides is 1. The van der Waals surface area contributed by atoms with Gasteiger partial charge in [-0.1, -0.05) is 23.8 Å². The van der Waals surface area contributed by atoms with E-state index in [1.54, 1.807) is 24.9 Å². The van der Waals surface area contributed by atoms with E-state index in [2.05, 4.69) is 4.98 Å². The number of hydrogen-bond donors (Lipinski definition) is 0. The van der Waals surface area contributed by atoms with Gasteiger partial charge in [-0.15, -0.1) is 0 Å². The molecule has 0 N–H and O–H groups in total. The van der Waals surface area contributed by atoms with E-state index in [-0.39, 0.29) is 29.0 Å². The van der Waals surface area contributed by atoms with Crippen molar-refractivity contribution >= 4 is 16.9 Å². The van der Waals surface area contributed by atoms with Crippen LogP contribution in [-0.2, 0) is 13.6 Å². The molecule has 0 saturated carbocycles. The van der Waals surface area contributed by atoms with Crippen LogP contribution in [0.4, 0.5) is 0 Å². The van der Waals surface area contributed by atoms with Crippen molar-refractivity contribution in [1.82, 2.24) is 19.0 Å². The van der Waals surface area contributed by atoms with E-state index < -0.39 is 11.2 Å². The lowest BCUT2D eigenvalue weighted by molar-refractivity contribution is 0.0774. The van der Waals surface area contributed by atoms with Crippen LogP contribution in [0.2, 0.25) is 0 Å². The molecule has 3 aromatic rings. The molecular formula is C23H28N4O3. The number of carbonyl (C=O) groups is 1. The second-order valence-electron chi connectivity index (χ2n) is 7.65. The van der Waals surface area contributed by atoms with Crippen molar-refractivity contribution in [1.29, 1.82) is 0 Å². The van der Waals surface area contributed by atoms with E-state index >= 15 is 0 Å². The molecule has 0 unspecified atom stereocenters. The van der Waals surface area contributed by atoms with Crippen molar-refractivity contribution in [2.24, 2.45) is 7.05 Å². The zero-order valence-corrected chi connectivity index (χ0v) is 18.4. The lowest BCUT2D eigenvalue weighted by Crippen LogP contribution is -2.41. The number of benzene rings is 1. The van der Waals surface area contributed by atoms with Crippen LogP contribution in [0.3, 0.4) is 0 Å². The molecule has 7 heteroatoms. The summed E-state index contributed by atoms with van der Waals surface area (Å²) in [6.45, 7) is 10.7. The molecule has 0 radical (unpaired) electrons. The van der Waals surface area contributed by atoms with E-state index in [0.717, 1.165) is 16.7 Å². The van der Waals surface area contributed by atoms with Gasteiger partial charge in [-0.05, 0) is 51.8 Å². The molecule has 0 atom stereocenters. The summed E-state index contributed by atoms with van der Waals surface area (Å²) in [7, 11) is 1.59. The highest BCUT2D eigenvalue weighted by atomic mass is 16.2. The fourth-order valence-corrected chi connectivity index (χ4v) is 3.73. The average Bonchev–Trinajstić information content (AvgIpc) is 2.72. The summed E-state index contributed by atoms with van der Waals surface area (Å²) < 4.78 is 2.55. The molecule has 0 spiro atoms. The monoisotopic (exact) mass is 408 g/mol. The first-order chi connectivity index (χ1) is 14.2. The lowest BCUT2D eigenvalue weighted by Gasteiger charge is -2.20. The molecule has 0 aliphatic heterocycles. The number of carbonyl (C=O) groups excluding carboxylic acids is 1. The fourth-order valence-electron chi connectivity index (χ4n) is 3.73. The highest BCUT2D eigenvalue weighted by Gasteiger charge is 2.23. The topological polar surface area (TPSA) is 77.2 Å². The Morgan fingerprint density at radius 1 is 1.07 bits per heavy atom. The summed E-state index contributed by atoms with van der Waals surface area (Å²) in [5.41, 5.74) is 3.11. The van der Waals surface area contributed by atoms with Gasteiger partial charge in [0, 0.05) is 25.8 Å². The van der Waals surface area contributed by atoms with Crippen LogP contribution in [0, 0.1) is 20.8 Å². The highest BCUT2D eigenvalue weighted by molar-refractivity contribution is 6.05. The van der Waals surface area contributed by atoms with E-state index in [4.69, 9.17) is 0 Å². The first-order valence-corrected chi connectivity index (χ1v) is 10.2. The number of nitrogens with zero attached hydrogens (tertiary/aromatic N) is 4. The van der Waals surface area contributed by atoms with Crippen molar-refractivity contribution < 1.29 is 4.79 Å². The van der Waals surface area contributed by atoms with Crippen LogP contribution in [-0.4, -0.2) is 38.0 Å². The Bertz CT molecular complexity index is 1250. The van der Waals surface area contributed by atoms with Gasteiger partial charge in [0.15, 0.2) is 0 Å². The third kappa shape index (κ3) is 3.67. The average molecular weight is 409 g/mol. The zero-order chi connectivity index (χ0) is 22.2. The predicted octanol–water partition coefficient (Wildman–Crippen LogP) is 2.55. The number of rotatable bonds is 5. The Kier molecular flexibility index (Phi) is 5.92. The maximum atomic E-state index is 13.5. The SMILES string of the molecule is CCN(CC)C(=O)c1cc(C)nc2c1c(=O)n(Cc1cc(C)ccc1C)c(=O)n2C. The van der Waals surface area contributed by atoms with Crippen LogP contribution < -0.4 is 11.2 Å². The minimum absolute atomic E-state index is 0.141. The van der Waals surface area contributed by atoms with E-state index in [1.807, 2.05) is 45.9 Å². The summed E-state index contributed by atoms with van der Waals surface area (Å²) in [4.78, 5) is 45.7. The summed E-state index contributed by atoms with van der Waals surface area (Å²) in [5.74, 6) is -0.232. The molecule has 0 fully saturated rings. The molecule has 3 rings (SSSR count). The fraction of sp³-hybridized carbons (Fsp3) is 0.391. The second-order valence-corrected chi connectivity index (χ2v) is 7.65. The van der Waals surface area contributed by atoms with Crippen LogP contribution >= 0.6 is 0 Å². The Hall–Kier alpha value is -3.22. The highest BCUT2D eigenvalue weighted by Crippen LogP contribution is 2.17. The Balaban J connectivity index is 2.34. The largest absolute Gasteiger partial charge is 0.339 e. The number of fused-ring (bicyclic) bond motifs is 1. The molecule has 1 aromatic carbocycles. The quantitative estimate of drug-likeness (QED) is 0.650. The summed E-state index contributed by atoms with van der Waals surface area (Å²) in [5, 5.41) is 0.185. The van der Waals surface area contributed by atoms with Crippen molar-refractivity contribution in [2.75, 3.05) is 13.1 Å². The van der Waals surface area contributed by atoms with E-state index in [1.165, 1.54) is 9.13 Å². The number of aryl methyl sites for hydroxylation is 4. The smallest absolute Gasteiger partial charge is 0.332 e. The van der Waals surface area contributed by atoms with Crippen LogP contribution in [0.15, 0.2) is 33.9 Å². The Morgan fingerprint density at radius 3 is 2.37 bits per heavy atom. The standard InChI is InChI=1S/C23H28N4O3/c1-7-26(8-2)21(28)18-12-16(5)24-20-19(18)22(29)27(23(30)25(20)6)13-17-11-14(3)9-10-15(17)4/h9-12H,7-8,13H2,1-6H3. The Morgan fingerprint density at radius 2 is 1.73 bits per heavy atom. The first kappa shape index (κ1) is 21.5. The minimum atomic E-state index is -0.489. The van der Waals surface area contributed by atoms with Gasteiger partial charge < -0.3 is 4.90 Å². The number of pyridine rings is 1. The molecule has 1 amide bonds. The van der Waals surface area contributed by atoms with E-state index in [0.29, 0.717) is 18.8 Å². The summed E-state index contributed by atoms with van der Waals surface area (Å²) in [6, 6.07) is 7.58. The first-order valence-electron chi connectivity index (χ1n) is 10.2. The van der Waals surface area contributed by atoms with Crippen LogP contribution in [0.25, 0.3) is 11.0 Å². The lowest BCUT2D eigenvalue weighted by atomic mass is 10.1. The molecule has 0 aliphatic rings. The van der Waals surface area contributed by atoms with Gasteiger partial charge in [-0.3, -0.25) is 18.7 Å². The number of hydrogen-bond acceptors (Lipinski definition) is 4. The molecule has 0 saturated heterocycles. The molecule has 7 nitrogen and oxygen atoms in total. The van der Waals surface area contributed by atoms with Gasteiger partial charge in [0.2, 0.25) is 0 Å². The third-order valence-electron chi connectivity index (χ3n) is 5.54. The molecule has 0 aliphatic carbocycles. The Labute approximate surface area is 175 Å². The van der Waals surface area contributed by atoms with Crippen molar-refractivity contribution in [3.05, 3.63) is 73.1 Å². The van der Waals surface area contributed by atoms with Crippen molar-refractivity contribution in [3.63, 3.8) is 0 Å². The van der Waals surface area contributed by atoms with Gasteiger partial charge in [0.25, 0.3) is 11.5 Å². The van der Waals surface area contributed by atoms with Crippen LogP contribution in [0.1, 0.15) is 46.6 Å². The zero-order valence-electron chi connectivity index (χ0n) is 18.4. The molecular weight excluding hydrogens is 380 g/mol. The summed E-state index contributed by atoms with van der Waals surface area (Å²) in [6.07, 6.45) is 0. The van der Waals surface area contributed by atoms with Crippen molar-refractivity contribution in [3.8, 4) is 0 Å². The van der Waals surface area contributed by atoms with Crippen LogP contribution in [0.5, 0.6) is 0 Å².